The first-order valence-electron chi connectivity index (χ1n) is 0. The molecule has 0 fully saturated rings. The average Bonchev–Trinajstić information content (AvgIpc) is 0. The van der Waals surface area contributed by atoms with Crippen molar-refractivity contribution in [2.75, 3.05) is 0 Å². The minimum atomic E-state index is 0. The molecule has 3 N–H and O–H groups in total. The van der Waals surface area contributed by atoms with E-state index in [0.717, 1.165) is 0 Å². The number of rotatable bonds is 0. The zero-order chi connectivity index (χ0) is 0. The van der Waals surface area contributed by atoms with E-state index < -0.39 is 0 Å². The van der Waals surface area contributed by atoms with Gasteiger partial charge in [0.05, 0.1) is 0 Å². The summed E-state index contributed by atoms with van der Waals surface area (Å²) >= 11 is 0. The number of halogens is 1. The topological polar surface area (TPSA) is 35.0 Å². The van der Waals surface area contributed by atoms with Crippen molar-refractivity contribution in [3.05, 3.63) is 0 Å². The molecule has 1 nitrogen and oxygen atoms in total. The maximum atomic E-state index is 0. The first kappa shape index (κ1) is 25.8. The standard InChI is InChI=1S/ClH.2K.H3N/h1H;;;1H3. The Labute approximate surface area is 118 Å². The number of hydrogen-bond acceptors (Lipinski definition) is 1. The van der Waals surface area contributed by atoms with Crippen LogP contribution in [-0.2, 0) is 0 Å². The van der Waals surface area contributed by atoms with Gasteiger partial charge >= 0.3 is 0 Å². The maximum Gasteiger partial charge on any atom is 0 e. The van der Waals surface area contributed by atoms with Crippen LogP contribution in [0, 0.1) is 0 Å². The van der Waals surface area contributed by atoms with Crippen LogP contribution in [0.25, 0.3) is 0 Å². The summed E-state index contributed by atoms with van der Waals surface area (Å²) < 4.78 is 0. The van der Waals surface area contributed by atoms with Crippen LogP contribution in [0.4, 0.5) is 0 Å². The van der Waals surface area contributed by atoms with Crippen LogP contribution in [0.1, 0.15) is 0 Å². The van der Waals surface area contributed by atoms with Crippen molar-refractivity contribution in [2.24, 2.45) is 0 Å². The van der Waals surface area contributed by atoms with Gasteiger partial charge in [-0.25, -0.2) is 0 Å². The molecule has 0 aromatic heterocycles. The van der Waals surface area contributed by atoms with Gasteiger partial charge in [-0.3, -0.25) is 0 Å². The van der Waals surface area contributed by atoms with Crippen LogP contribution in [0.3, 0.4) is 0 Å². The molecule has 0 aliphatic heterocycles. The van der Waals surface area contributed by atoms with Crippen molar-refractivity contribution < 1.29 is 0 Å². The van der Waals surface area contributed by atoms with E-state index in [1.54, 1.807) is 0 Å². The third-order valence-electron chi connectivity index (χ3n) is 0. The molecule has 2 radical (unpaired) electrons. The van der Waals surface area contributed by atoms with Crippen LogP contribution in [0.2, 0.25) is 0 Å². The summed E-state index contributed by atoms with van der Waals surface area (Å²) in [4.78, 5) is 0. The van der Waals surface area contributed by atoms with Gasteiger partial charge < -0.3 is 6.15 Å². The molecule has 0 saturated heterocycles. The molecule has 4 heavy (non-hydrogen) atoms. The predicted molar refractivity (Wildman–Crippen MR) is 23.8 cm³/mol. The van der Waals surface area contributed by atoms with Gasteiger partial charge in [-0.05, 0) is 0 Å². The van der Waals surface area contributed by atoms with E-state index in [1.807, 2.05) is 0 Å². The summed E-state index contributed by atoms with van der Waals surface area (Å²) in [6.45, 7) is 0. The Kier molecular flexibility index (Phi) is 103. The summed E-state index contributed by atoms with van der Waals surface area (Å²) in [6, 6.07) is 0. The summed E-state index contributed by atoms with van der Waals surface area (Å²) in [5.74, 6) is 0. The van der Waals surface area contributed by atoms with Gasteiger partial charge in [0.15, 0.2) is 0 Å². The van der Waals surface area contributed by atoms with Crippen molar-refractivity contribution in [1.82, 2.24) is 6.15 Å². The molecule has 18 valence electrons. The molecule has 0 atom stereocenters. The maximum absolute atomic E-state index is 0. The largest absolute Gasteiger partial charge is 0.344 e. The van der Waals surface area contributed by atoms with Crippen molar-refractivity contribution in [3.63, 3.8) is 0 Å². The second kappa shape index (κ2) is 16.0. The predicted octanol–water partition coefficient (Wildman–Crippen LogP) is -0.178. The Morgan fingerprint density at radius 3 is 0.750 bits per heavy atom. The zero-order valence-corrected chi connectivity index (χ0v) is 10.2. The summed E-state index contributed by atoms with van der Waals surface area (Å²) in [5.41, 5.74) is 0. The van der Waals surface area contributed by atoms with Gasteiger partial charge in [-0.15, -0.1) is 12.4 Å². The monoisotopic (exact) mass is 131 g/mol. The van der Waals surface area contributed by atoms with E-state index in [4.69, 9.17) is 0 Å². The van der Waals surface area contributed by atoms with Crippen LogP contribution in [0.5, 0.6) is 0 Å². The molecule has 0 heterocycles. The molecule has 0 aromatic carbocycles. The molecule has 0 aromatic rings. The first-order valence-corrected chi connectivity index (χ1v) is 0. The Hall–Kier alpha value is 3.52. The fourth-order valence-electron chi connectivity index (χ4n) is 0. The quantitative estimate of drug-likeness (QED) is 0.455. The van der Waals surface area contributed by atoms with E-state index in [9.17, 15) is 0 Å². The van der Waals surface area contributed by atoms with Crippen molar-refractivity contribution in [1.29, 1.82) is 0 Å². The Morgan fingerprint density at radius 2 is 0.750 bits per heavy atom. The van der Waals surface area contributed by atoms with E-state index in [-0.39, 0.29) is 121 Å². The zero-order valence-electron chi connectivity index (χ0n) is 3.12. The van der Waals surface area contributed by atoms with Crippen molar-refractivity contribution in [3.8, 4) is 0 Å². The van der Waals surface area contributed by atoms with E-state index in [2.05, 4.69) is 0 Å². The summed E-state index contributed by atoms with van der Waals surface area (Å²) in [6.07, 6.45) is 0. The first-order chi connectivity index (χ1) is 0. The Bertz CT molecular complexity index is 6.00. The van der Waals surface area contributed by atoms with E-state index in [1.165, 1.54) is 0 Å². The van der Waals surface area contributed by atoms with Gasteiger partial charge in [0, 0.05) is 103 Å². The van der Waals surface area contributed by atoms with Gasteiger partial charge in [0.1, 0.15) is 0 Å². The van der Waals surface area contributed by atoms with Gasteiger partial charge in [-0.1, -0.05) is 0 Å². The normalized spacial score (nSPS) is 0. The molecule has 4 heteroatoms. The smallest absolute Gasteiger partial charge is 0 e. The third kappa shape index (κ3) is 9.10. The molecule has 0 saturated carbocycles. The Balaban J connectivity index is 0. The van der Waals surface area contributed by atoms with Crippen LogP contribution >= 0.6 is 12.4 Å². The van der Waals surface area contributed by atoms with Gasteiger partial charge in [0.2, 0.25) is 0 Å². The number of hydrogen-bond donors (Lipinski definition) is 1. The molecular formula is H4ClK2N. The summed E-state index contributed by atoms with van der Waals surface area (Å²) in [5, 5.41) is 0. The van der Waals surface area contributed by atoms with Crippen LogP contribution in [-0.4, -0.2) is 103 Å². The fourth-order valence-corrected chi connectivity index (χ4v) is 0. The molecule has 0 aliphatic carbocycles. The third-order valence-corrected chi connectivity index (χ3v) is 0. The minimum absolute atomic E-state index is 0. The summed E-state index contributed by atoms with van der Waals surface area (Å²) in [7, 11) is 0. The second-order valence-electron chi connectivity index (χ2n) is 0. The molecule has 0 bridgehead atoms. The van der Waals surface area contributed by atoms with Crippen molar-refractivity contribution in [2.45, 2.75) is 0 Å². The molecule has 0 rings (SSSR count). The second-order valence-corrected chi connectivity index (χ2v) is 0. The minimum Gasteiger partial charge on any atom is -0.344 e. The molecule has 0 unspecified atom stereocenters. The molecule has 0 aliphatic rings. The van der Waals surface area contributed by atoms with Gasteiger partial charge in [0.25, 0.3) is 0 Å². The van der Waals surface area contributed by atoms with Crippen molar-refractivity contribution >= 4 is 115 Å². The average molecular weight is 132 g/mol. The molecule has 0 amide bonds. The molecule has 0 spiro atoms. The van der Waals surface area contributed by atoms with E-state index in [0.29, 0.717) is 0 Å². The van der Waals surface area contributed by atoms with Gasteiger partial charge in [-0.2, -0.15) is 0 Å². The Morgan fingerprint density at radius 1 is 0.750 bits per heavy atom. The van der Waals surface area contributed by atoms with E-state index >= 15 is 0 Å². The SMILES string of the molecule is Cl.N.[K].[K]. The molecular weight excluding hydrogens is 128 g/mol. The van der Waals surface area contributed by atoms with Crippen LogP contribution in [0.15, 0.2) is 0 Å². The van der Waals surface area contributed by atoms with Crippen LogP contribution < -0.4 is 6.15 Å². The fraction of sp³-hybridized carbons (Fsp3) is 0.